The van der Waals surface area contributed by atoms with Crippen LogP contribution in [-0.2, 0) is 0 Å². The average molecular weight is 220 g/mol. The van der Waals surface area contributed by atoms with Gasteiger partial charge in [0, 0.05) is 18.6 Å². The largest absolute Gasteiger partial charge is 0.329 e. The SMILES string of the molecule is CC(C)C[C@@H](CN)N[C@@H](C)c1ccccc1. The minimum atomic E-state index is 0.369. The maximum Gasteiger partial charge on any atom is 0.0294 e. The molecule has 0 aromatic heterocycles. The molecule has 90 valence electrons. The Bertz CT molecular complexity index is 282. The molecular formula is C14H24N2. The maximum atomic E-state index is 5.78. The predicted octanol–water partition coefficient (Wildman–Crippen LogP) is 2.71. The van der Waals surface area contributed by atoms with E-state index >= 15 is 0 Å². The molecule has 0 radical (unpaired) electrons. The van der Waals surface area contributed by atoms with E-state index in [0.717, 1.165) is 6.42 Å². The molecule has 0 saturated carbocycles. The van der Waals surface area contributed by atoms with Crippen molar-refractivity contribution in [2.24, 2.45) is 11.7 Å². The maximum absolute atomic E-state index is 5.78. The Morgan fingerprint density at radius 2 is 1.75 bits per heavy atom. The first-order valence-electron chi connectivity index (χ1n) is 6.14. The monoisotopic (exact) mass is 220 g/mol. The lowest BCUT2D eigenvalue weighted by atomic mass is 10.0. The molecule has 3 N–H and O–H groups in total. The van der Waals surface area contributed by atoms with Gasteiger partial charge in [-0.3, -0.25) is 0 Å². The van der Waals surface area contributed by atoms with Gasteiger partial charge < -0.3 is 11.1 Å². The van der Waals surface area contributed by atoms with Gasteiger partial charge in [0.05, 0.1) is 0 Å². The number of nitrogens with one attached hydrogen (secondary N) is 1. The van der Waals surface area contributed by atoms with Crippen molar-refractivity contribution in [3.05, 3.63) is 35.9 Å². The summed E-state index contributed by atoms with van der Waals surface area (Å²) in [5.41, 5.74) is 7.11. The molecule has 0 amide bonds. The van der Waals surface area contributed by atoms with E-state index < -0.39 is 0 Å². The van der Waals surface area contributed by atoms with Gasteiger partial charge in [-0.2, -0.15) is 0 Å². The Morgan fingerprint density at radius 3 is 2.25 bits per heavy atom. The van der Waals surface area contributed by atoms with Crippen LogP contribution in [0.4, 0.5) is 0 Å². The van der Waals surface area contributed by atoms with Crippen LogP contribution in [0.3, 0.4) is 0 Å². The Kier molecular flexibility index (Phi) is 5.50. The first-order chi connectivity index (χ1) is 7.63. The van der Waals surface area contributed by atoms with Crippen molar-refractivity contribution in [2.75, 3.05) is 6.54 Å². The van der Waals surface area contributed by atoms with Gasteiger partial charge in [0.25, 0.3) is 0 Å². The summed E-state index contributed by atoms with van der Waals surface area (Å²) >= 11 is 0. The predicted molar refractivity (Wildman–Crippen MR) is 70.3 cm³/mol. The van der Waals surface area contributed by atoms with Gasteiger partial charge in [-0.15, -0.1) is 0 Å². The molecule has 0 fully saturated rings. The lowest BCUT2D eigenvalue weighted by molar-refractivity contribution is 0.390. The third-order valence-electron chi connectivity index (χ3n) is 2.83. The highest BCUT2D eigenvalue weighted by atomic mass is 15.0. The molecule has 0 spiro atoms. The number of nitrogens with two attached hydrogens (primary N) is 1. The van der Waals surface area contributed by atoms with Gasteiger partial charge in [0.2, 0.25) is 0 Å². The molecular weight excluding hydrogens is 196 g/mol. The summed E-state index contributed by atoms with van der Waals surface area (Å²) in [7, 11) is 0. The topological polar surface area (TPSA) is 38.0 Å². The highest BCUT2D eigenvalue weighted by Crippen LogP contribution is 2.14. The molecule has 1 aromatic carbocycles. The zero-order chi connectivity index (χ0) is 12.0. The molecule has 0 aliphatic rings. The molecule has 0 aliphatic heterocycles. The Labute approximate surface area is 99.2 Å². The molecule has 2 heteroatoms. The molecule has 0 aliphatic carbocycles. The standard InChI is InChI=1S/C14H24N2/c1-11(2)9-14(10-15)16-12(3)13-7-5-4-6-8-13/h4-8,11-12,14,16H,9-10,15H2,1-3H3/t12-,14-/m0/s1. The van der Waals surface area contributed by atoms with E-state index in [-0.39, 0.29) is 0 Å². The third-order valence-corrected chi connectivity index (χ3v) is 2.83. The van der Waals surface area contributed by atoms with E-state index in [2.05, 4.69) is 50.4 Å². The minimum Gasteiger partial charge on any atom is -0.329 e. The lowest BCUT2D eigenvalue weighted by Crippen LogP contribution is -2.38. The van der Waals surface area contributed by atoms with Gasteiger partial charge in [0.1, 0.15) is 0 Å². The first kappa shape index (κ1) is 13.2. The molecule has 1 rings (SSSR count). The van der Waals surface area contributed by atoms with Crippen LogP contribution in [0.1, 0.15) is 38.8 Å². The molecule has 2 atom stereocenters. The number of rotatable bonds is 6. The van der Waals surface area contributed by atoms with Crippen LogP contribution in [0.25, 0.3) is 0 Å². The van der Waals surface area contributed by atoms with Gasteiger partial charge in [-0.05, 0) is 24.8 Å². The summed E-state index contributed by atoms with van der Waals surface area (Å²) in [5, 5.41) is 3.59. The van der Waals surface area contributed by atoms with Gasteiger partial charge in [-0.1, -0.05) is 44.2 Å². The molecule has 1 aromatic rings. The van der Waals surface area contributed by atoms with Crippen LogP contribution in [0.2, 0.25) is 0 Å². The Morgan fingerprint density at radius 1 is 1.12 bits per heavy atom. The number of hydrogen-bond donors (Lipinski definition) is 2. The zero-order valence-electron chi connectivity index (χ0n) is 10.6. The molecule has 2 nitrogen and oxygen atoms in total. The molecule has 0 heterocycles. The summed E-state index contributed by atoms with van der Waals surface area (Å²) < 4.78 is 0. The summed E-state index contributed by atoms with van der Waals surface area (Å²) in [6, 6.07) is 11.3. The number of hydrogen-bond acceptors (Lipinski definition) is 2. The van der Waals surface area contributed by atoms with Crippen molar-refractivity contribution in [1.29, 1.82) is 0 Å². The summed E-state index contributed by atoms with van der Waals surface area (Å²) in [6.07, 6.45) is 1.13. The van der Waals surface area contributed by atoms with E-state index in [1.165, 1.54) is 5.56 Å². The van der Waals surface area contributed by atoms with Crippen molar-refractivity contribution in [3.63, 3.8) is 0 Å². The second-order valence-electron chi connectivity index (χ2n) is 4.86. The normalized spacial score (nSPS) is 15.1. The highest BCUT2D eigenvalue weighted by Gasteiger charge is 2.12. The van der Waals surface area contributed by atoms with E-state index in [0.29, 0.717) is 24.5 Å². The van der Waals surface area contributed by atoms with Crippen molar-refractivity contribution in [2.45, 2.75) is 39.3 Å². The summed E-state index contributed by atoms with van der Waals surface area (Å²) in [4.78, 5) is 0. The molecule has 0 saturated heterocycles. The van der Waals surface area contributed by atoms with Crippen molar-refractivity contribution >= 4 is 0 Å². The third kappa shape index (κ3) is 4.33. The first-order valence-corrected chi connectivity index (χ1v) is 6.14. The zero-order valence-corrected chi connectivity index (χ0v) is 10.6. The fourth-order valence-corrected chi connectivity index (χ4v) is 1.99. The lowest BCUT2D eigenvalue weighted by Gasteiger charge is -2.23. The van der Waals surface area contributed by atoms with Crippen molar-refractivity contribution in [1.82, 2.24) is 5.32 Å². The van der Waals surface area contributed by atoms with E-state index in [1.54, 1.807) is 0 Å². The van der Waals surface area contributed by atoms with Crippen molar-refractivity contribution < 1.29 is 0 Å². The van der Waals surface area contributed by atoms with E-state index in [1.807, 2.05) is 6.07 Å². The van der Waals surface area contributed by atoms with Crippen LogP contribution in [0.5, 0.6) is 0 Å². The van der Waals surface area contributed by atoms with E-state index in [9.17, 15) is 0 Å². The van der Waals surface area contributed by atoms with Crippen LogP contribution in [-0.4, -0.2) is 12.6 Å². The Balaban J connectivity index is 2.52. The minimum absolute atomic E-state index is 0.369. The average Bonchev–Trinajstić information content (AvgIpc) is 2.28. The van der Waals surface area contributed by atoms with Crippen LogP contribution < -0.4 is 11.1 Å². The number of benzene rings is 1. The second kappa shape index (κ2) is 6.66. The molecule has 0 bridgehead atoms. The van der Waals surface area contributed by atoms with Crippen LogP contribution in [0, 0.1) is 5.92 Å². The highest BCUT2D eigenvalue weighted by molar-refractivity contribution is 5.18. The Hall–Kier alpha value is -0.860. The summed E-state index contributed by atoms with van der Waals surface area (Å²) in [6.45, 7) is 7.36. The van der Waals surface area contributed by atoms with Crippen molar-refractivity contribution in [3.8, 4) is 0 Å². The van der Waals surface area contributed by atoms with Gasteiger partial charge >= 0.3 is 0 Å². The van der Waals surface area contributed by atoms with Gasteiger partial charge in [0.15, 0.2) is 0 Å². The molecule has 16 heavy (non-hydrogen) atoms. The smallest absolute Gasteiger partial charge is 0.0294 e. The quantitative estimate of drug-likeness (QED) is 0.773. The van der Waals surface area contributed by atoms with Gasteiger partial charge in [-0.25, -0.2) is 0 Å². The van der Waals surface area contributed by atoms with E-state index in [4.69, 9.17) is 5.73 Å². The fraction of sp³-hybridized carbons (Fsp3) is 0.571. The molecule has 0 unspecified atom stereocenters. The summed E-state index contributed by atoms with van der Waals surface area (Å²) in [5.74, 6) is 0.684. The van der Waals surface area contributed by atoms with Crippen LogP contribution >= 0.6 is 0 Å². The second-order valence-corrected chi connectivity index (χ2v) is 4.86. The van der Waals surface area contributed by atoms with Crippen LogP contribution in [0.15, 0.2) is 30.3 Å². The fourth-order valence-electron chi connectivity index (χ4n) is 1.99.